The molecule has 0 bridgehead atoms. The van der Waals surface area contributed by atoms with E-state index >= 15 is 0 Å². The summed E-state index contributed by atoms with van der Waals surface area (Å²) in [5.74, 6) is -2.61. The van der Waals surface area contributed by atoms with Gasteiger partial charge in [-0.25, -0.2) is 14.4 Å². The number of hydrogen-bond donors (Lipinski definition) is 1. The van der Waals surface area contributed by atoms with E-state index in [9.17, 15) is 19.2 Å². The van der Waals surface area contributed by atoms with Crippen LogP contribution in [0.15, 0.2) is 41.8 Å². The number of benzene rings is 1. The van der Waals surface area contributed by atoms with E-state index in [0.717, 1.165) is 11.3 Å². The van der Waals surface area contributed by atoms with E-state index in [1.807, 2.05) is 0 Å². The van der Waals surface area contributed by atoms with Gasteiger partial charge >= 0.3 is 17.9 Å². The van der Waals surface area contributed by atoms with Gasteiger partial charge in [0.1, 0.15) is 22.0 Å². The summed E-state index contributed by atoms with van der Waals surface area (Å²) >= 11 is 2.09. The van der Waals surface area contributed by atoms with Crippen molar-refractivity contribution in [2.45, 2.75) is 6.61 Å². The molecular formula is C21H17NO7S2. The Morgan fingerprint density at radius 3 is 2.19 bits per heavy atom. The first-order valence-corrected chi connectivity index (χ1v) is 10.5. The van der Waals surface area contributed by atoms with Crippen LogP contribution < -0.4 is 5.73 Å². The van der Waals surface area contributed by atoms with Crippen LogP contribution >= 0.6 is 22.7 Å². The molecule has 0 aliphatic carbocycles. The van der Waals surface area contributed by atoms with Crippen molar-refractivity contribution in [2.75, 3.05) is 20.0 Å². The zero-order chi connectivity index (χ0) is 22.5. The minimum Gasteiger partial charge on any atom is -0.465 e. The Labute approximate surface area is 185 Å². The fourth-order valence-corrected chi connectivity index (χ4v) is 4.48. The second kappa shape index (κ2) is 9.54. The first-order chi connectivity index (χ1) is 14.9. The van der Waals surface area contributed by atoms with Crippen molar-refractivity contribution < 1.29 is 33.4 Å². The molecule has 3 rings (SSSR count). The molecule has 2 aromatic heterocycles. The minimum absolute atomic E-state index is 0.0242. The highest BCUT2D eigenvalue weighted by molar-refractivity contribution is 7.18. The average molecular weight is 460 g/mol. The molecule has 0 saturated carbocycles. The lowest BCUT2D eigenvalue weighted by atomic mass is 10.0. The SMILES string of the molecule is COC(=O)c1sc(N)c(C(=O)OC)c1COC(=O)c1ccccc1C(=O)c1cccs1. The molecule has 1 aromatic carbocycles. The molecule has 3 aromatic rings. The Kier molecular flexibility index (Phi) is 6.83. The second-order valence-corrected chi connectivity index (χ2v) is 8.06. The summed E-state index contributed by atoms with van der Waals surface area (Å²) in [7, 11) is 2.35. The van der Waals surface area contributed by atoms with Gasteiger partial charge < -0.3 is 19.9 Å². The molecule has 0 aliphatic heterocycles. The Morgan fingerprint density at radius 2 is 1.58 bits per heavy atom. The molecular weight excluding hydrogens is 442 g/mol. The van der Waals surface area contributed by atoms with Crippen LogP contribution in [0.5, 0.6) is 0 Å². The number of ketones is 1. The van der Waals surface area contributed by atoms with Crippen molar-refractivity contribution >= 4 is 51.4 Å². The van der Waals surface area contributed by atoms with Crippen molar-refractivity contribution in [1.82, 2.24) is 0 Å². The summed E-state index contributed by atoms with van der Waals surface area (Å²) in [6, 6.07) is 9.64. The molecule has 0 unspecified atom stereocenters. The fourth-order valence-electron chi connectivity index (χ4n) is 2.82. The quantitative estimate of drug-likeness (QED) is 0.323. The van der Waals surface area contributed by atoms with Crippen LogP contribution in [0.25, 0.3) is 0 Å². The monoisotopic (exact) mass is 459 g/mol. The van der Waals surface area contributed by atoms with Crippen LogP contribution in [0.2, 0.25) is 0 Å². The topological polar surface area (TPSA) is 122 Å². The van der Waals surface area contributed by atoms with Crippen LogP contribution in [0.3, 0.4) is 0 Å². The third-order valence-electron chi connectivity index (χ3n) is 4.28. The maximum absolute atomic E-state index is 12.8. The van der Waals surface area contributed by atoms with Gasteiger partial charge in [0.2, 0.25) is 5.78 Å². The Hall–Kier alpha value is -3.50. The number of thiophene rings is 2. The molecule has 8 nitrogen and oxygen atoms in total. The molecule has 10 heteroatoms. The lowest BCUT2D eigenvalue weighted by Gasteiger charge is -2.10. The predicted octanol–water partition coefficient (Wildman–Crippen LogP) is 3.55. The molecule has 0 radical (unpaired) electrons. The number of methoxy groups -OCH3 is 2. The summed E-state index contributed by atoms with van der Waals surface area (Å²) in [5, 5.41) is 1.80. The normalized spacial score (nSPS) is 10.4. The van der Waals surface area contributed by atoms with E-state index in [-0.39, 0.29) is 37.9 Å². The molecule has 160 valence electrons. The first kappa shape index (κ1) is 22.2. The van der Waals surface area contributed by atoms with Gasteiger partial charge in [0.25, 0.3) is 0 Å². The lowest BCUT2D eigenvalue weighted by molar-refractivity contribution is 0.0451. The molecule has 0 aliphatic rings. The lowest BCUT2D eigenvalue weighted by Crippen LogP contribution is -2.15. The molecule has 0 amide bonds. The van der Waals surface area contributed by atoms with Gasteiger partial charge in [-0.05, 0) is 17.5 Å². The number of ether oxygens (including phenoxy) is 3. The smallest absolute Gasteiger partial charge is 0.348 e. The fraction of sp³-hybridized carbons (Fsp3) is 0.143. The van der Waals surface area contributed by atoms with Gasteiger partial charge in [0.15, 0.2) is 0 Å². The van der Waals surface area contributed by atoms with Crippen LogP contribution in [0, 0.1) is 0 Å². The standard InChI is InChI=1S/C21H17NO7S2/c1-27-20(25)15-13(17(21(26)28-2)31-18(15)22)10-29-19(24)12-7-4-3-6-11(12)16(23)14-8-5-9-30-14/h3-9H,10,22H2,1-2H3. The number of nitrogen functional groups attached to an aromatic ring is 1. The Balaban J connectivity index is 1.91. The molecule has 0 fully saturated rings. The van der Waals surface area contributed by atoms with Crippen molar-refractivity contribution in [3.8, 4) is 0 Å². The van der Waals surface area contributed by atoms with E-state index in [0.29, 0.717) is 4.88 Å². The maximum atomic E-state index is 12.8. The summed E-state index contributed by atoms with van der Waals surface area (Å²) in [5.41, 5.74) is 6.13. The minimum atomic E-state index is -0.795. The highest BCUT2D eigenvalue weighted by Gasteiger charge is 2.28. The highest BCUT2D eigenvalue weighted by Crippen LogP contribution is 2.33. The van der Waals surface area contributed by atoms with E-state index in [1.54, 1.807) is 29.6 Å². The number of nitrogens with two attached hydrogens (primary N) is 1. The van der Waals surface area contributed by atoms with Crippen LogP contribution in [-0.4, -0.2) is 37.9 Å². The molecule has 2 heterocycles. The average Bonchev–Trinajstić information content (AvgIpc) is 3.44. The number of anilines is 1. The predicted molar refractivity (Wildman–Crippen MR) is 115 cm³/mol. The molecule has 2 N–H and O–H groups in total. The number of esters is 3. The van der Waals surface area contributed by atoms with Gasteiger partial charge in [-0.1, -0.05) is 24.3 Å². The zero-order valence-electron chi connectivity index (χ0n) is 16.5. The third-order valence-corrected chi connectivity index (χ3v) is 6.19. The summed E-state index contributed by atoms with van der Waals surface area (Å²) in [6.45, 7) is -0.442. The third kappa shape index (κ3) is 4.49. The van der Waals surface area contributed by atoms with Gasteiger partial charge in [-0.3, -0.25) is 4.79 Å². The Morgan fingerprint density at radius 1 is 0.903 bits per heavy atom. The first-order valence-electron chi connectivity index (χ1n) is 8.81. The van der Waals surface area contributed by atoms with E-state index in [1.165, 1.54) is 37.7 Å². The van der Waals surface area contributed by atoms with E-state index in [2.05, 4.69) is 0 Å². The molecule has 31 heavy (non-hydrogen) atoms. The summed E-state index contributed by atoms with van der Waals surface area (Å²) < 4.78 is 14.8. The second-order valence-electron chi connectivity index (χ2n) is 6.06. The highest BCUT2D eigenvalue weighted by atomic mass is 32.1. The van der Waals surface area contributed by atoms with Gasteiger partial charge in [-0.2, -0.15) is 0 Å². The number of rotatable bonds is 7. The molecule has 0 atom stereocenters. The van der Waals surface area contributed by atoms with Crippen LogP contribution in [0.1, 0.15) is 51.2 Å². The van der Waals surface area contributed by atoms with Gasteiger partial charge in [-0.15, -0.1) is 22.7 Å². The number of carbonyl (C=O) groups is 4. The van der Waals surface area contributed by atoms with Crippen LogP contribution in [-0.2, 0) is 20.8 Å². The van der Waals surface area contributed by atoms with E-state index in [4.69, 9.17) is 19.9 Å². The van der Waals surface area contributed by atoms with E-state index < -0.39 is 24.5 Å². The number of hydrogen-bond acceptors (Lipinski definition) is 10. The summed E-state index contributed by atoms with van der Waals surface area (Å²) in [4.78, 5) is 50.3. The number of carbonyl (C=O) groups excluding carboxylic acids is 4. The van der Waals surface area contributed by atoms with Crippen LogP contribution in [0.4, 0.5) is 5.00 Å². The zero-order valence-corrected chi connectivity index (χ0v) is 18.1. The molecule has 0 spiro atoms. The maximum Gasteiger partial charge on any atom is 0.348 e. The Bertz CT molecular complexity index is 1150. The van der Waals surface area contributed by atoms with Gasteiger partial charge in [0.05, 0.1) is 24.7 Å². The largest absolute Gasteiger partial charge is 0.465 e. The van der Waals surface area contributed by atoms with Crippen molar-refractivity contribution in [3.05, 3.63) is 73.8 Å². The van der Waals surface area contributed by atoms with Crippen molar-refractivity contribution in [1.29, 1.82) is 0 Å². The summed E-state index contributed by atoms with van der Waals surface area (Å²) in [6.07, 6.45) is 0. The van der Waals surface area contributed by atoms with Gasteiger partial charge in [0, 0.05) is 11.1 Å². The molecule has 0 saturated heterocycles. The van der Waals surface area contributed by atoms with Crippen molar-refractivity contribution in [3.63, 3.8) is 0 Å². The van der Waals surface area contributed by atoms with Crippen molar-refractivity contribution in [2.24, 2.45) is 0 Å².